The highest BCUT2D eigenvalue weighted by Crippen LogP contribution is 2.38. The number of carbonyl (C=O) groups excluding carboxylic acids is 1. The molecule has 1 aliphatic heterocycles. The Morgan fingerprint density at radius 1 is 1.18 bits per heavy atom. The van der Waals surface area contributed by atoms with E-state index in [1.54, 1.807) is 6.07 Å². The van der Waals surface area contributed by atoms with Gasteiger partial charge in [0.05, 0.1) is 29.8 Å². The minimum Gasteiger partial charge on any atom is -0.307 e. The topological polar surface area (TPSA) is 57.0 Å². The van der Waals surface area contributed by atoms with Crippen LogP contribution in [0.2, 0.25) is 0 Å². The molecular weight excluding hydrogens is 446 g/mol. The molecule has 1 amide bonds. The molecule has 2 heterocycles. The van der Waals surface area contributed by atoms with E-state index in [-0.39, 0.29) is 58.6 Å². The second kappa shape index (κ2) is 8.90. The van der Waals surface area contributed by atoms with Gasteiger partial charge in [0.25, 0.3) is 5.92 Å². The molecule has 0 radical (unpaired) electrons. The van der Waals surface area contributed by atoms with Crippen LogP contribution in [-0.2, 0) is 23.7 Å². The van der Waals surface area contributed by atoms with Crippen molar-refractivity contribution in [1.29, 1.82) is 5.26 Å². The fourth-order valence-corrected chi connectivity index (χ4v) is 4.36. The number of halogens is 4. The van der Waals surface area contributed by atoms with Crippen molar-refractivity contribution >= 4 is 11.6 Å². The van der Waals surface area contributed by atoms with Gasteiger partial charge in [-0.15, -0.1) is 0 Å². The van der Waals surface area contributed by atoms with Crippen molar-refractivity contribution in [2.75, 3.05) is 4.90 Å². The Morgan fingerprint density at radius 2 is 1.94 bits per heavy atom. The molecule has 1 aromatic heterocycles. The zero-order chi connectivity index (χ0) is 24.6. The van der Waals surface area contributed by atoms with E-state index in [0.717, 1.165) is 13.0 Å². The van der Waals surface area contributed by atoms with Crippen molar-refractivity contribution < 1.29 is 22.4 Å². The first kappa shape index (κ1) is 23.4. The van der Waals surface area contributed by atoms with Crippen LogP contribution >= 0.6 is 0 Å². The van der Waals surface area contributed by atoms with Gasteiger partial charge in [-0.25, -0.2) is 17.6 Å². The number of aromatic nitrogens is 1. The van der Waals surface area contributed by atoms with Crippen molar-refractivity contribution in [3.8, 4) is 6.07 Å². The molecule has 0 unspecified atom stereocenters. The average Bonchev–Trinajstić information content (AvgIpc) is 2.92. The summed E-state index contributed by atoms with van der Waals surface area (Å²) < 4.78 is 57.6. The van der Waals surface area contributed by atoms with E-state index in [1.807, 2.05) is 6.07 Å². The minimum absolute atomic E-state index is 0.0890. The average molecular weight is 467 g/mol. The standard InChI is InChI=1S/C26H21F4N3O/c1-15-21(26(2,29)30)11-17(13-32-15)19-7-8-20-23(28)4-3-5-24(20)33(25(19)34)14-18-10-16(12-31)6-9-22(18)27/h3-6,9-11,13,19H,7-8,14H2,1-2H3/t19-/m1/s1. The lowest BCUT2D eigenvalue weighted by Gasteiger charge is -2.27. The lowest BCUT2D eigenvalue weighted by Crippen LogP contribution is -2.34. The van der Waals surface area contributed by atoms with Crippen molar-refractivity contribution in [2.24, 2.45) is 0 Å². The maximum absolute atomic E-state index is 14.7. The Bertz CT molecular complexity index is 1310. The van der Waals surface area contributed by atoms with Crippen LogP contribution in [0.4, 0.5) is 23.2 Å². The second-order valence-corrected chi connectivity index (χ2v) is 8.46. The van der Waals surface area contributed by atoms with Crippen LogP contribution in [-0.4, -0.2) is 10.9 Å². The monoisotopic (exact) mass is 467 g/mol. The molecule has 1 aliphatic rings. The van der Waals surface area contributed by atoms with Crippen LogP contribution in [0.15, 0.2) is 48.7 Å². The van der Waals surface area contributed by atoms with Gasteiger partial charge in [0.1, 0.15) is 11.6 Å². The third-order valence-corrected chi connectivity index (χ3v) is 6.12. The predicted octanol–water partition coefficient (Wildman–Crippen LogP) is 5.91. The summed E-state index contributed by atoms with van der Waals surface area (Å²) in [5.74, 6) is -5.65. The van der Waals surface area contributed by atoms with E-state index in [0.29, 0.717) is 0 Å². The lowest BCUT2D eigenvalue weighted by atomic mass is 9.91. The number of nitrogens with zero attached hydrogens (tertiary/aromatic N) is 3. The van der Waals surface area contributed by atoms with Crippen LogP contribution in [0.25, 0.3) is 0 Å². The van der Waals surface area contributed by atoms with Gasteiger partial charge >= 0.3 is 0 Å². The van der Waals surface area contributed by atoms with Gasteiger partial charge in [-0.2, -0.15) is 5.26 Å². The Kier molecular flexibility index (Phi) is 6.13. The Morgan fingerprint density at radius 3 is 2.65 bits per heavy atom. The Balaban J connectivity index is 1.82. The summed E-state index contributed by atoms with van der Waals surface area (Å²) in [4.78, 5) is 19.1. The number of hydrogen-bond acceptors (Lipinski definition) is 3. The Hall–Kier alpha value is -3.73. The third-order valence-electron chi connectivity index (χ3n) is 6.12. The van der Waals surface area contributed by atoms with Gasteiger partial charge in [-0.1, -0.05) is 6.07 Å². The van der Waals surface area contributed by atoms with Gasteiger partial charge in [-0.05, 0) is 61.7 Å². The fourth-order valence-electron chi connectivity index (χ4n) is 4.36. The summed E-state index contributed by atoms with van der Waals surface area (Å²) >= 11 is 0. The number of hydrogen-bond donors (Lipinski definition) is 0. The maximum Gasteiger partial charge on any atom is 0.272 e. The number of benzene rings is 2. The molecule has 0 bridgehead atoms. The first-order valence-corrected chi connectivity index (χ1v) is 10.7. The number of alkyl halides is 2. The summed E-state index contributed by atoms with van der Waals surface area (Å²) in [6.45, 7) is 1.98. The molecule has 0 saturated carbocycles. The number of carbonyl (C=O) groups is 1. The third kappa shape index (κ3) is 4.38. The zero-order valence-corrected chi connectivity index (χ0v) is 18.6. The maximum atomic E-state index is 14.7. The molecule has 0 aliphatic carbocycles. The zero-order valence-electron chi connectivity index (χ0n) is 18.6. The van der Waals surface area contributed by atoms with E-state index >= 15 is 0 Å². The Labute approximate surface area is 194 Å². The largest absolute Gasteiger partial charge is 0.307 e. The van der Waals surface area contributed by atoms with E-state index in [1.165, 1.54) is 48.4 Å². The van der Waals surface area contributed by atoms with Crippen LogP contribution in [0.3, 0.4) is 0 Å². The number of amides is 1. The second-order valence-electron chi connectivity index (χ2n) is 8.46. The van der Waals surface area contributed by atoms with Gasteiger partial charge in [0.2, 0.25) is 5.91 Å². The SMILES string of the molecule is Cc1ncc([C@H]2CCc3c(F)cccc3N(Cc3cc(C#N)ccc3F)C2=O)cc1C(C)(F)F. The molecule has 1 atom stereocenters. The molecule has 0 spiro atoms. The summed E-state index contributed by atoms with van der Waals surface area (Å²) in [6, 6.07) is 11.3. The molecule has 174 valence electrons. The number of fused-ring (bicyclic) bond motifs is 1. The number of pyridine rings is 1. The summed E-state index contributed by atoms with van der Waals surface area (Å²) in [5, 5.41) is 9.18. The predicted molar refractivity (Wildman–Crippen MR) is 118 cm³/mol. The highest BCUT2D eigenvalue weighted by atomic mass is 19.3. The number of nitriles is 1. The van der Waals surface area contributed by atoms with Crippen molar-refractivity contribution in [2.45, 2.75) is 45.1 Å². The highest BCUT2D eigenvalue weighted by molar-refractivity contribution is 5.99. The highest BCUT2D eigenvalue weighted by Gasteiger charge is 2.35. The van der Waals surface area contributed by atoms with Crippen LogP contribution in [0, 0.1) is 29.9 Å². The molecule has 4 nitrogen and oxygen atoms in total. The normalized spacial score (nSPS) is 16.1. The molecule has 2 aromatic carbocycles. The van der Waals surface area contributed by atoms with Crippen molar-refractivity contribution in [3.05, 3.63) is 93.8 Å². The molecule has 4 rings (SSSR count). The summed E-state index contributed by atoms with van der Waals surface area (Å²) in [5.41, 5.74) is 1.03. The van der Waals surface area contributed by atoms with Crippen LogP contribution in [0.5, 0.6) is 0 Å². The van der Waals surface area contributed by atoms with E-state index in [4.69, 9.17) is 0 Å². The molecule has 8 heteroatoms. The van der Waals surface area contributed by atoms with Crippen LogP contribution < -0.4 is 4.90 Å². The first-order chi connectivity index (χ1) is 16.1. The lowest BCUT2D eigenvalue weighted by molar-refractivity contribution is -0.120. The quantitative estimate of drug-likeness (QED) is 0.448. The summed E-state index contributed by atoms with van der Waals surface area (Å²) in [7, 11) is 0. The number of rotatable bonds is 4. The van der Waals surface area contributed by atoms with E-state index < -0.39 is 29.4 Å². The van der Waals surface area contributed by atoms with Crippen LogP contribution in [0.1, 0.15) is 52.8 Å². The first-order valence-electron chi connectivity index (χ1n) is 10.7. The number of anilines is 1. The van der Waals surface area contributed by atoms with Gasteiger partial charge in [0.15, 0.2) is 0 Å². The van der Waals surface area contributed by atoms with Gasteiger partial charge in [0, 0.05) is 35.5 Å². The molecule has 34 heavy (non-hydrogen) atoms. The fraction of sp³-hybridized carbons (Fsp3) is 0.269. The van der Waals surface area contributed by atoms with Gasteiger partial charge < -0.3 is 4.90 Å². The molecule has 0 N–H and O–H groups in total. The van der Waals surface area contributed by atoms with Crippen molar-refractivity contribution in [3.63, 3.8) is 0 Å². The molecule has 0 fully saturated rings. The summed E-state index contributed by atoms with van der Waals surface area (Å²) in [6.07, 6.45) is 1.74. The molecule has 0 saturated heterocycles. The molecule has 3 aromatic rings. The minimum atomic E-state index is -3.16. The number of aryl methyl sites for hydroxylation is 1. The van der Waals surface area contributed by atoms with E-state index in [2.05, 4.69) is 4.98 Å². The van der Waals surface area contributed by atoms with Crippen molar-refractivity contribution in [1.82, 2.24) is 4.98 Å². The molecular formula is C26H21F4N3O. The smallest absolute Gasteiger partial charge is 0.272 e. The van der Waals surface area contributed by atoms with Gasteiger partial charge in [-0.3, -0.25) is 9.78 Å². The van der Waals surface area contributed by atoms with E-state index in [9.17, 15) is 27.6 Å².